The van der Waals surface area contributed by atoms with E-state index < -0.39 is 5.69 Å². The summed E-state index contributed by atoms with van der Waals surface area (Å²) in [6.45, 7) is 5.62. The summed E-state index contributed by atoms with van der Waals surface area (Å²) in [5, 5.41) is 0.892. The molecule has 1 aliphatic rings. The van der Waals surface area contributed by atoms with Gasteiger partial charge in [-0.15, -0.1) is 17.3 Å². The SMILES string of the molecule is CC#CCn1c(N2CCC[C@@H](N)C2)nc2c1c(=O)n(Cc1cnc(C)s1)c(=O)n2C. The number of anilines is 1. The van der Waals surface area contributed by atoms with E-state index in [2.05, 4.69) is 21.7 Å². The number of aromatic nitrogens is 5. The summed E-state index contributed by atoms with van der Waals surface area (Å²) >= 11 is 1.47. The molecule has 0 amide bonds. The highest BCUT2D eigenvalue weighted by Gasteiger charge is 2.26. The number of nitrogens with zero attached hydrogens (tertiary/aromatic N) is 6. The molecule has 1 fully saturated rings. The van der Waals surface area contributed by atoms with Crippen LogP contribution in [-0.4, -0.2) is 42.8 Å². The molecule has 0 saturated carbocycles. The van der Waals surface area contributed by atoms with Crippen LogP contribution in [0.5, 0.6) is 0 Å². The zero-order valence-corrected chi connectivity index (χ0v) is 18.2. The summed E-state index contributed by atoms with van der Waals surface area (Å²) in [5.74, 6) is 6.57. The molecule has 30 heavy (non-hydrogen) atoms. The average molecular weight is 428 g/mol. The van der Waals surface area contributed by atoms with E-state index in [-0.39, 0.29) is 18.1 Å². The fraction of sp³-hybridized carbons (Fsp3) is 0.500. The molecule has 158 valence electrons. The number of aryl methyl sites for hydroxylation is 2. The van der Waals surface area contributed by atoms with Crippen LogP contribution in [0.1, 0.15) is 29.7 Å². The van der Waals surface area contributed by atoms with E-state index >= 15 is 0 Å². The standard InChI is InChI=1S/C20H25N7O2S/c1-4-5-9-26-16-17(23-19(26)25-8-6-7-14(21)11-25)24(3)20(29)27(18(16)28)12-15-10-22-13(2)30-15/h10,14H,6-9,11-12,21H2,1-3H3/t14-/m1/s1. The highest BCUT2D eigenvalue weighted by atomic mass is 32.1. The fourth-order valence-electron chi connectivity index (χ4n) is 3.87. The second-order valence-electron chi connectivity index (χ2n) is 7.52. The van der Waals surface area contributed by atoms with Crippen molar-refractivity contribution >= 4 is 28.4 Å². The molecule has 10 heteroatoms. The molecule has 0 radical (unpaired) electrons. The summed E-state index contributed by atoms with van der Waals surface area (Å²) in [4.78, 5) is 38.3. The first kappa shape index (κ1) is 20.4. The van der Waals surface area contributed by atoms with Gasteiger partial charge in [0.15, 0.2) is 11.2 Å². The summed E-state index contributed by atoms with van der Waals surface area (Å²) in [7, 11) is 1.65. The predicted molar refractivity (Wildman–Crippen MR) is 118 cm³/mol. The smallest absolute Gasteiger partial charge is 0.332 e. The molecule has 4 rings (SSSR count). The molecule has 1 aliphatic heterocycles. The Morgan fingerprint density at radius 1 is 1.33 bits per heavy atom. The van der Waals surface area contributed by atoms with E-state index in [0.717, 1.165) is 29.3 Å². The van der Waals surface area contributed by atoms with Crippen molar-refractivity contribution in [2.75, 3.05) is 18.0 Å². The van der Waals surface area contributed by atoms with E-state index in [9.17, 15) is 9.59 Å². The maximum atomic E-state index is 13.4. The molecule has 1 atom stereocenters. The van der Waals surface area contributed by atoms with Crippen molar-refractivity contribution in [1.29, 1.82) is 0 Å². The van der Waals surface area contributed by atoms with Gasteiger partial charge < -0.3 is 10.6 Å². The van der Waals surface area contributed by atoms with Crippen LogP contribution >= 0.6 is 11.3 Å². The van der Waals surface area contributed by atoms with E-state index in [4.69, 9.17) is 10.7 Å². The van der Waals surface area contributed by atoms with Gasteiger partial charge in [-0.05, 0) is 26.7 Å². The largest absolute Gasteiger partial charge is 0.341 e. The third kappa shape index (κ3) is 3.55. The average Bonchev–Trinajstić information content (AvgIpc) is 3.31. The Bertz CT molecular complexity index is 1270. The quantitative estimate of drug-likeness (QED) is 0.614. The van der Waals surface area contributed by atoms with E-state index in [0.29, 0.717) is 30.2 Å². The molecule has 3 aromatic heterocycles. The van der Waals surface area contributed by atoms with Gasteiger partial charge in [-0.25, -0.2) is 9.78 Å². The Balaban J connectivity index is 1.93. The van der Waals surface area contributed by atoms with Crippen LogP contribution in [0.4, 0.5) is 5.95 Å². The van der Waals surface area contributed by atoms with Gasteiger partial charge in [0.2, 0.25) is 5.95 Å². The zero-order valence-electron chi connectivity index (χ0n) is 17.4. The monoisotopic (exact) mass is 427 g/mol. The van der Waals surface area contributed by atoms with Crippen LogP contribution in [0.15, 0.2) is 15.8 Å². The maximum absolute atomic E-state index is 13.4. The molecule has 9 nitrogen and oxygen atoms in total. The van der Waals surface area contributed by atoms with Crippen LogP contribution in [0.2, 0.25) is 0 Å². The van der Waals surface area contributed by atoms with Crippen molar-refractivity contribution < 1.29 is 0 Å². The number of hydrogen-bond acceptors (Lipinski definition) is 7. The molecule has 0 spiro atoms. The summed E-state index contributed by atoms with van der Waals surface area (Å²) in [6, 6.07) is 0.0549. The first-order chi connectivity index (χ1) is 14.4. The second kappa shape index (κ2) is 8.08. The molecule has 0 bridgehead atoms. The van der Waals surface area contributed by atoms with Gasteiger partial charge in [0.25, 0.3) is 5.56 Å². The lowest BCUT2D eigenvalue weighted by molar-refractivity contribution is 0.496. The van der Waals surface area contributed by atoms with Crippen molar-refractivity contribution in [3.8, 4) is 11.8 Å². The number of thiazole rings is 1. The lowest BCUT2D eigenvalue weighted by Gasteiger charge is -2.31. The molecule has 1 saturated heterocycles. The molecule has 0 unspecified atom stereocenters. The fourth-order valence-corrected chi connectivity index (χ4v) is 4.66. The van der Waals surface area contributed by atoms with Crippen molar-refractivity contribution in [3.05, 3.63) is 36.9 Å². The van der Waals surface area contributed by atoms with Crippen LogP contribution in [0.25, 0.3) is 11.2 Å². The van der Waals surface area contributed by atoms with Gasteiger partial charge in [0.05, 0.1) is 18.1 Å². The Hall–Kier alpha value is -2.90. The Morgan fingerprint density at radius 3 is 2.80 bits per heavy atom. The normalized spacial score (nSPS) is 16.7. The summed E-state index contributed by atoms with van der Waals surface area (Å²) in [6.07, 6.45) is 3.62. The van der Waals surface area contributed by atoms with Crippen molar-refractivity contribution in [3.63, 3.8) is 0 Å². The van der Waals surface area contributed by atoms with E-state index in [1.165, 1.54) is 20.5 Å². The van der Waals surface area contributed by atoms with Crippen LogP contribution in [0.3, 0.4) is 0 Å². The Kier molecular flexibility index (Phi) is 5.49. The molecule has 2 N–H and O–H groups in total. The lowest BCUT2D eigenvalue weighted by Crippen LogP contribution is -2.44. The summed E-state index contributed by atoms with van der Waals surface area (Å²) < 4.78 is 4.51. The second-order valence-corrected chi connectivity index (χ2v) is 8.84. The van der Waals surface area contributed by atoms with E-state index in [1.807, 2.05) is 11.5 Å². The number of rotatable bonds is 4. The molecular formula is C20H25N7O2S. The van der Waals surface area contributed by atoms with Crippen molar-refractivity contribution in [2.45, 2.75) is 45.8 Å². The lowest BCUT2D eigenvalue weighted by atomic mass is 10.1. The number of nitrogens with two attached hydrogens (primary N) is 1. The third-order valence-corrected chi connectivity index (χ3v) is 6.25. The van der Waals surface area contributed by atoms with Gasteiger partial charge in [-0.2, -0.15) is 4.98 Å². The van der Waals surface area contributed by atoms with Crippen molar-refractivity contribution in [1.82, 2.24) is 23.7 Å². The molecule has 4 heterocycles. The van der Waals surface area contributed by atoms with Crippen molar-refractivity contribution in [2.24, 2.45) is 12.8 Å². The minimum Gasteiger partial charge on any atom is -0.341 e. The number of fused-ring (bicyclic) bond motifs is 1. The highest BCUT2D eigenvalue weighted by molar-refractivity contribution is 7.11. The Morgan fingerprint density at radius 2 is 2.13 bits per heavy atom. The zero-order chi connectivity index (χ0) is 21.4. The number of hydrogen-bond donors (Lipinski definition) is 1. The number of imidazole rings is 1. The summed E-state index contributed by atoms with van der Waals surface area (Å²) in [5.41, 5.74) is 6.16. The van der Waals surface area contributed by atoms with Crippen LogP contribution in [0, 0.1) is 18.8 Å². The van der Waals surface area contributed by atoms with Gasteiger partial charge in [-0.1, -0.05) is 5.92 Å². The Labute approximate surface area is 177 Å². The van der Waals surface area contributed by atoms with E-state index in [1.54, 1.807) is 20.2 Å². The number of piperidine rings is 1. The minimum absolute atomic E-state index is 0.0549. The molecule has 0 aromatic carbocycles. The predicted octanol–water partition coefficient (Wildman–Crippen LogP) is 0.661. The van der Waals surface area contributed by atoms with Gasteiger partial charge in [0.1, 0.15) is 0 Å². The molecule has 0 aliphatic carbocycles. The molecular weight excluding hydrogens is 402 g/mol. The van der Waals surface area contributed by atoms with Gasteiger partial charge in [0, 0.05) is 37.3 Å². The first-order valence-corrected chi connectivity index (χ1v) is 10.7. The highest BCUT2D eigenvalue weighted by Crippen LogP contribution is 2.23. The van der Waals surface area contributed by atoms with Gasteiger partial charge >= 0.3 is 5.69 Å². The topological polar surface area (TPSA) is 104 Å². The van der Waals surface area contributed by atoms with Crippen LogP contribution < -0.4 is 21.9 Å². The minimum atomic E-state index is -0.397. The maximum Gasteiger partial charge on any atom is 0.332 e. The third-order valence-electron chi connectivity index (χ3n) is 5.35. The first-order valence-electron chi connectivity index (χ1n) is 9.92. The van der Waals surface area contributed by atoms with Crippen LogP contribution in [-0.2, 0) is 20.1 Å². The molecule has 3 aromatic rings. The van der Waals surface area contributed by atoms with Gasteiger partial charge in [-0.3, -0.25) is 18.5 Å².